The molecule has 1 heterocycles. The maximum atomic E-state index is 12.6. The van der Waals surface area contributed by atoms with Gasteiger partial charge in [-0.3, -0.25) is 0 Å². The molecule has 0 saturated carbocycles. The van der Waals surface area contributed by atoms with E-state index in [-0.39, 0.29) is 28.9 Å². The van der Waals surface area contributed by atoms with Crippen molar-refractivity contribution in [3.63, 3.8) is 0 Å². The van der Waals surface area contributed by atoms with Gasteiger partial charge in [0.25, 0.3) is 0 Å². The van der Waals surface area contributed by atoms with Crippen LogP contribution in [0.2, 0.25) is 0 Å². The van der Waals surface area contributed by atoms with Crippen LogP contribution in [-0.2, 0) is 0 Å². The van der Waals surface area contributed by atoms with Crippen LogP contribution in [0.5, 0.6) is 17.2 Å². The van der Waals surface area contributed by atoms with E-state index in [0.29, 0.717) is 5.75 Å². The first-order valence-corrected chi connectivity index (χ1v) is 10.3. The fourth-order valence-electron chi connectivity index (χ4n) is 3.09. The second kappa shape index (κ2) is 10.5. The van der Waals surface area contributed by atoms with Crippen molar-refractivity contribution in [3.8, 4) is 17.2 Å². The number of carbonyl (C=O) groups excluding carboxylic acids is 1. The highest BCUT2D eigenvalue weighted by molar-refractivity contribution is 5.97. The Bertz CT molecular complexity index is 1210. The number of rotatable bonds is 8. The summed E-state index contributed by atoms with van der Waals surface area (Å²) in [7, 11) is 0. The summed E-state index contributed by atoms with van der Waals surface area (Å²) < 4.78 is 16.5. The minimum absolute atomic E-state index is 0.144. The molecule has 32 heavy (non-hydrogen) atoms. The average molecular weight is 434 g/mol. The van der Waals surface area contributed by atoms with E-state index in [2.05, 4.69) is 19.9 Å². The summed E-state index contributed by atoms with van der Waals surface area (Å²) in [6, 6.07) is 13.2. The van der Waals surface area contributed by atoms with Crippen LogP contribution in [0.1, 0.15) is 44.0 Å². The molecule has 1 aromatic heterocycles. The minimum Gasteiger partial charge on any atom is -0.499 e. The molecule has 6 heteroatoms. The monoisotopic (exact) mass is 434 g/mol. The maximum absolute atomic E-state index is 12.6. The van der Waals surface area contributed by atoms with Gasteiger partial charge in [0.2, 0.25) is 5.75 Å². The molecule has 0 aliphatic heterocycles. The van der Waals surface area contributed by atoms with E-state index < -0.39 is 17.3 Å². The fourth-order valence-corrected chi connectivity index (χ4v) is 3.09. The van der Waals surface area contributed by atoms with E-state index >= 15 is 0 Å². The van der Waals surface area contributed by atoms with Crippen LogP contribution in [-0.4, -0.2) is 17.7 Å². The van der Waals surface area contributed by atoms with Crippen molar-refractivity contribution in [1.29, 1.82) is 0 Å². The first-order valence-electron chi connectivity index (χ1n) is 10.3. The van der Waals surface area contributed by atoms with Gasteiger partial charge in [-0.05, 0) is 64.0 Å². The van der Waals surface area contributed by atoms with Crippen molar-refractivity contribution in [1.82, 2.24) is 0 Å². The fraction of sp³-hybridized carbons (Fsp3) is 0.231. The third-order valence-electron chi connectivity index (χ3n) is 4.79. The van der Waals surface area contributed by atoms with E-state index in [1.165, 1.54) is 11.1 Å². The number of ether oxygens (including phenoxy) is 2. The molecule has 166 valence electrons. The maximum Gasteiger partial charge on any atom is 0.382 e. The summed E-state index contributed by atoms with van der Waals surface area (Å²) in [5.41, 5.74) is 1.88. The van der Waals surface area contributed by atoms with Crippen molar-refractivity contribution < 1.29 is 23.8 Å². The summed E-state index contributed by atoms with van der Waals surface area (Å²) in [4.78, 5) is 24.6. The Morgan fingerprint density at radius 3 is 2.50 bits per heavy atom. The molecule has 0 saturated heterocycles. The molecule has 6 nitrogen and oxygen atoms in total. The summed E-state index contributed by atoms with van der Waals surface area (Å²) in [5, 5.41) is 10.5. The van der Waals surface area contributed by atoms with E-state index in [1.54, 1.807) is 48.5 Å². The predicted molar refractivity (Wildman–Crippen MR) is 123 cm³/mol. The zero-order chi connectivity index (χ0) is 23.1. The Kier molecular flexibility index (Phi) is 7.49. The van der Waals surface area contributed by atoms with Crippen LogP contribution < -0.4 is 15.1 Å². The molecule has 0 amide bonds. The molecule has 2 aromatic carbocycles. The van der Waals surface area contributed by atoms with E-state index in [1.807, 2.05) is 13.0 Å². The summed E-state index contributed by atoms with van der Waals surface area (Å²) >= 11 is 0. The number of hydrogen-bond acceptors (Lipinski definition) is 6. The molecule has 0 atom stereocenters. The third kappa shape index (κ3) is 5.66. The first-order chi connectivity index (χ1) is 15.4. The molecule has 0 aliphatic rings. The Balaban J connectivity index is 1.89. The van der Waals surface area contributed by atoms with Crippen molar-refractivity contribution in [2.24, 2.45) is 0 Å². The molecule has 0 aliphatic carbocycles. The van der Waals surface area contributed by atoms with Crippen LogP contribution in [0.25, 0.3) is 11.0 Å². The van der Waals surface area contributed by atoms with Crippen LogP contribution in [0.4, 0.5) is 0 Å². The van der Waals surface area contributed by atoms with E-state index in [9.17, 15) is 14.7 Å². The Labute approximate surface area is 186 Å². The summed E-state index contributed by atoms with van der Waals surface area (Å²) in [6.45, 7) is 6.44. The van der Waals surface area contributed by atoms with Crippen molar-refractivity contribution in [2.45, 2.75) is 33.6 Å². The van der Waals surface area contributed by atoms with Gasteiger partial charge < -0.3 is 19.0 Å². The van der Waals surface area contributed by atoms with Crippen LogP contribution in [0.15, 0.2) is 81.0 Å². The number of fused-ring (bicyclic) bond motifs is 1. The molecule has 3 aromatic rings. The molecule has 0 spiro atoms. The highest BCUT2D eigenvalue weighted by Gasteiger charge is 2.22. The lowest BCUT2D eigenvalue weighted by Gasteiger charge is -2.12. The standard InChI is InChI=1S/C26H26O6/c1-17(2)9-7-10-18(3)15-16-30-20-13-8-14-21-22(20)24(23(27)26(29)31-21)32-25(28)19-11-5-4-6-12-19/h4-6,8-9,11-15,27H,7,10,16H2,1-3H3. The lowest BCUT2D eigenvalue weighted by atomic mass is 10.1. The zero-order valence-corrected chi connectivity index (χ0v) is 18.4. The summed E-state index contributed by atoms with van der Waals surface area (Å²) in [6.07, 6.45) is 6.02. The molecule has 0 unspecified atom stereocenters. The van der Waals surface area contributed by atoms with Gasteiger partial charge in [0, 0.05) is 0 Å². The second-order valence-corrected chi connectivity index (χ2v) is 7.63. The molecule has 0 radical (unpaired) electrons. The van der Waals surface area contributed by atoms with Crippen LogP contribution >= 0.6 is 0 Å². The number of hydrogen-bond donors (Lipinski definition) is 1. The van der Waals surface area contributed by atoms with E-state index in [0.717, 1.165) is 12.8 Å². The number of allylic oxidation sites excluding steroid dienone is 3. The van der Waals surface area contributed by atoms with Gasteiger partial charge in [-0.2, -0.15) is 0 Å². The van der Waals surface area contributed by atoms with Gasteiger partial charge in [-0.15, -0.1) is 0 Å². The number of aromatic hydroxyl groups is 1. The molecule has 0 bridgehead atoms. The van der Waals surface area contributed by atoms with Crippen LogP contribution in [0, 0.1) is 0 Å². The lowest BCUT2D eigenvalue weighted by molar-refractivity contribution is 0.0731. The van der Waals surface area contributed by atoms with Crippen molar-refractivity contribution in [2.75, 3.05) is 6.61 Å². The molecule has 3 rings (SSSR count). The highest BCUT2D eigenvalue weighted by Crippen LogP contribution is 2.38. The van der Waals surface area contributed by atoms with Gasteiger partial charge >= 0.3 is 11.6 Å². The second-order valence-electron chi connectivity index (χ2n) is 7.63. The number of esters is 1. The predicted octanol–water partition coefficient (Wildman–Crippen LogP) is 5.79. The highest BCUT2D eigenvalue weighted by atomic mass is 16.5. The average Bonchev–Trinajstić information content (AvgIpc) is 2.77. The van der Waals surface area contributed by atoms with Crippen molar-refractivity contribution >= 4 is 16.9 Å². The SMILES string of the molecule is CC(C)=CCCC(C)=CCOc1cccc2oc(=O)c(O)c(OC(=O)c3ccccc3)c12. The van der Waals surface area contributed by atoms with Gasteiger partial charge in [-0.1, -0.05) is 41.5 Å². The molecular weight excluding hydrogens is 408 g/mol. The Morgan fingerprint density at radius 2 is 1.78 bits per heavy atom. The molecular formula is C26H26O6. The van der Waals surface area contributed by atoms with E-state index in [4.69, 9.17) is 13.9 Å². The largest absolute Gasteiger partial charge is 0.499 e. The Morgan fingerprint density at radius 1 is 1.03 bits per heavy atom. The van der Waals surface area contributed by atoms with Crippen LogP contribution in [0.3, 0.4) is 0 Å². The smallest absolute Gasteiger partial charge is 0.382 e. The first kappa shape index (κ1) is 22.9. The van der Waals surface area contributed by atoms with Gasteiger partial charge in [0.05, 0.1) is 5.56 Å². The molecule has 0 fully saturated rings. The minimum atomic E-state index is -1.000. The summed E-state index contributed by atoms with van der Waals surface area (Å²) in [5.74, 6) is -1.46. The van der Waals surface area contributed by atoms with Crippen molar-refractivity contribution in [3.05, 3.63) is 87.8 Å². The topological polar surface area (TPSA) is 86.0 Å². The normalized spacial score (nSPS) is 11.3. The number of benzene rings is 2. The lowest BCUT2D eigenvalue weighted by Crippen LogP contribution is -2.11. The third-order valence-corrected chi connectivity index (χ3v) is 4.79. The molecule has 1 N–H and O–H groups in total. The number of carbonyl (C=O) groups is 1. The van der Waals surface area contributed by atoms with Gasteiger partial charge in [-0.25, -0.2) is 9.59 Å². The van der Waals surface area contributed by atoms with Gasteiger partial charge in [0.1, 0.15) is 23.3 Å². The Hall–Kier alpha value is -3.80. The van der Waals surface area contributed by atoms with Gasteiger partial charge in [0.15, 0.2) is 5.75 Å². The quantitative estimate of drug-likeness (QED) is 0.274. The zero-order valence-electron chi connectivity index (χ0n) is 18.4.